The number of carbonyl (C=O) groups is 1. The van der Waals surface area contributed by atoms with Crippen LogP contribution in [0.3, 0.4) is 0 Å². The molecule has 2 rings (SSSR count). The molecule has 1 heterocycles. The summed E-state index contributed by atoms with van der Waals surface area (Å²) in [4.78, 5) is 14.7. The highest BCUT2D eigenvalue weighted by atomic mass is 32.1. The van der Waals surface area contributed by atoms with Crippen LogP contribution >= 0.6 is 11.3 Å². The van der Waals surface area contributed by atoms with Crippen molar-refractivity contribution in [2.75, 3.05) is 0 Å². The van der Waals surface area contributed by atoms with E-state index in [0.29, 0.717) is 11.6 Å². The van der Waals surface area contributed by atoms with E-state index in [4.69, 9.17) is 5.11 Å². The zero-order chi connectivity index (χ0) is 15.4. The maximum Gasteiger partial charge on any atom is 0.335 e. The van der Waals surface area contributed by atoms with Gasteiger partial charge in [0.15, 0.2) is 0 Å². The Bertz CT molecular complexity index is 605. The second kappa shape index (κ2) is 6.87. The Balaban J connectivity index is 2.15. The normalized spacial score (nSPS) is 11.3. The summed E-state index contributed by atoms with van der Waals surface area (Å²) in [5.41, 5.74) is 2.57. The van der Waals surface area contributed by atoms with Gasteiger partial charge in [0.25, 0.3) is 0 Å². The predicted octanol–water partition coefficient (Wildman–Crippen LogP) is 4.17. The van der Waals surface area contributed by atoms with Crippen LogP contribution in [0, 0.1) is 6.92 Å². The van der Waals surface area contributed by atoms with Crippen LogP contribution in [-0.4, -0.2) is 22.0 Å². The number of rotatable bonds is 6. The molecule has 0 atom stereocenters. The van der Waals surface area contributed by atoms with E-state index in [-0.39, 0.29) is 0 Å². The number of hydrogen-bond donors (Lipinski definition) is 1. The Morgan fingerprint density at radius 1 is 1.29 bits per heavy atom. The first-order valence-corrected chi connectivity index (χ1v) is 7.94. The molecule has 0 aliphatic heterocycles. The minimum atomic E-state index is -0.871. The topological polar surface area (TPSA) is 40.5 Å². The zero-order valence-corrected chi connectivity index (χ0v) is 13.5. The Morgan fingerprint density at radius 2 is 2.05 bits per heavy atom. The summed E-state index contributed by atoms with van der Waals surface area (Å²) in [6.07, 6.45) is 0. The number of nitrogens with zero attached hydrogens (tertiary/aromatic N) is 1. The Hall–Kier alpha value is -1.65. The van der Waals surface area contributed by atoms with E-state index in [0.717, 1.165) is 18.7 Å². The van der Waals surface area contributed by atoms with Gasteiger partial charge in [-0.25, -0.2) is 4.79 Å². The van der Waals surface area contributed by atoms with Crippen molar-refractivity contribution in [1.82, 2.24) is 4.90 Å². The molecule has 2 aromatic rings. The molecule has 0 saturated carbocycles. The molecule has 21 heavy (non-hydrogen) atoms. The number of benzene rings is 1. The number of aryl methyl sites for hydroxylation is 1. The van der Waals surface area contributed by atoms with E-state index in [2.05, 4.69) is 36.3 Å². The first-order valence-electron chi connectivity index (χ1n) is 7.06. The lowest BCUT2D eigenvalue weighted by Crippen LogP contribution is -2.29. The van der Waals surface area contributed by atoms with Gasteiger partial charge >= 0.3 is 5.97 Å². The van der Waals surface area contributed by atoms with Gasteiger partial charge in [-0.05, 0) is 55.5 Å². The van der Waals surface area contributed by atoms with Gasteiger partial charge in [-0.3, -0.25) is 4.90 Å². The molecule has 0 saturated heterocycles. The van der Waals surface area contributed by atoms with Crippen molar-refractivity contribution < 1.29 is 9.90 Å². The summed E-state index contributed by atoms with van der Waals surface area (Å²) in [5, 5.41) is 11.1. The zero-order valence-electron chi connectivity index (χ0n) is 12.7. The lowest BCUT2D eigenvalue weighted by atomic mass is 10.0. The second-order valence-electron chi connectivity index (χ2n) is 5.52. The molecule has 0 spiro atoms. The van der Waals surface area contributed by atoms with Crippen LogP contribution in [0.2, 0.25) is 0 Å². The van der Waals surface area contributed by atoms with E-state index in [1.54, 1.807) is 23.5 Å². The molecule has 0 aliphatic carbocycles. The van der Waals surface area contributed by atoms with Crippen LogP contribution < -0.4 is 0 Å². The summed E-state index contributed by atoms with van der Waals surface area (Å²) in [6, 6.07) is 10.0. The van der Waals surface area contributed by atoms with E-state index in [1.807, 2.05) is 13.0 Å². The fourth-order valence-electron chi connectivity index (χ4n) is 2.25. The van der Waals surface area contributed by atoms with Crippen LogP contribution in [0.25, 0.3) is 0 Å². The molecule has 0 bridgehead atoms. The Kier molecular flexibility index (Phi) is 5.15. The summed E-state index contributed by atoms with van der Waals surface area (Å²) in [7, 11) is 0. The van der Waals surface area contributed by atoms with Crippen molar-refractivity contribution in [1.29, 1.82) is 0 Å². The summed E-state index contributed by atoms with van der Waals surface area (Å²) >= 11 is 1.77. The van der Waals surface area contributed by atoms with Gasteiger partial charge in [-0.1, -0.05) is 12.1 Å². The maximum atomic E-state index is 11.0. The second-order valence-corrected chi connectivity index (χ2v) is 6.56. The fraction of sp³-hybridized carbons (Fsp3) is 0.353. The SMILES string of the molecule is Cc1cc(C(=O)O)ccc1CN(Cc1cccs1)C(C)C. The van der Waals surface area contributed by atoms with Crippen molar-refractivity contribution in [2.24, 2.45) is 0 Å². The van der Waals surface area contributed by atoms with Gasteiger partial charge in [0.05, 0.1) is 5.56 Å². The van der Waals surface area contributed by atoms with Gasteiger partial charge in [0.1, 0.15) is 0 Å². The average molecular weight is 303 g/mol. The molecular formula is C17H21NO2S. The standard InChI is InChI=1S/C17H21NO2S/c1-12(2)18(11-16-5-4-8-21-16)10-15-7-6-14(17(19)20)9-13(15)3/h4-9,12H,10-11H2,1-3H3,(H,19,20). The smallest absolute Gasteiger partial charge is 0.335 e. The molecule has 4 heteroatoms. The van der Waals surface area contributed by atoms with Crippen molar-refractivity contribution >= 4 is 17.3 Å². The molecule has 0 aliphatic rings. The van der Waals surface area contributed by atoms with Crippen molar-refractivity contribution in [3.05, 3.63) is 57.3 Å². The molecule has 1 aromatic carbocycles. The number of carboxylic acid groups (broad SMARTS) is 1. The molecule has 112 valence electrons. The van der Waals surface area contributed by atoms with Gasteiger partial charge in [0.2, 0.25) is 0 Å². The highest BCUT2D eigenvalue weighted by Crippen LogP contribution is 2.19. The van der Waals surface area contributed by atoms with E-state index >= 15 is 0 Å². The van der Waals surface area contributed by atoms with Crippen molar-refractivity contribution in [3.63, 3.8) is 0 Å². The Morgan fingerprint density at radius 3 is 2.57 bits per heavy atom. The third-order valence-electron chi connectivity index (χ3n) is 3.63. The summed E-state index contributed by atoms with van der Waals surface area (Å²) in [5.74, 6) is -0.871. The molecule has 0 radical (unpaired) electrons. The third-order valence-corrected chi connectivity index (χ3v) is 4.49. The first-order chi connectivity index (χ1) is 9.97. The van der Waals surface area contributed by atoms with Gasteiger partial charge in [-0.15, -0.1) is 11.3 Å². The monoisotopic (exact) mass is 303 g/mol. The fourth-order valence-corrected chi connectivity index (χ4v) is 2.98. The largest absolute Gasteiger partial charge is 0.478 e. The molecule has 0 unspecified atom stereocenters. The van der Waals surface area contributed by atoms with E-state index in [1.165, 1.54) is 10.4 Å². The average Bonchev–Trinajstić information content (AvgIpc) is 2.92. The summed E-state index contributed by atoms with van der Waals surface area (Å²) < 4.78 is 0. The molecule has 1 aromatic heterocycles. The van der Waals surface area contributed by atoms with Gasteiger partial charge in [0, 0.05) is 24.0 Å². The predicted molar refractivity (Wildman–Crippen MR) is 86.8 cm³/mol. The van der Waals surface area contributed by atoms with Gasteiger partial charge in [-0.2, -0.15) is 0 Å². The third kappa shape index (κ3) is 4.16. The lowest BCUT2D eigenvalue weighted by Gasteiger charge is -2.26. The number of thiophene rings is 1. The Labute approximate surface area is 129 Å². The molecule has 3 nitrogen and oxygen atoms in total. The highest BCUT2D eigenvalue weighted by Gasteiger charge is 2.14. The number of aromatic carboxylic acids is 1. The summed E-state index contributed by atoms with van der Waals surface area (Å²) in [6.45, 7) is 8.12. The number of hydrogen-bond acceptors (Lipinski definition) is 3. The van der Waals surface area contributed by atoms with Crippen LogP contribution in [0.15, 0.2) is 35.7 Å². The van der Waals surface area contributed by atoms with Crippen molar-refractivity contribution in [2.45, 2.75) is 39.9 Å². The van der Waals surface area contributed by atoms with Crippen LogP contribution in [0.1, 0.15) is 40.2 Å². The molecule has 1 N–H and O–H groups in total. The maximum absolute atomic E-state index is 11.0. The molecule has 0 amide bonds. The minimum Gasteiger partial charge on any atom is -0.478 e. The molecular weight excluding hydrogens is 282 g/mol. The van der Waals surface area contributed by atoms with E-state index in [9.17, 15) is 4.79 Å². The quantitative estimate of drug-likeness (QED) is 0.871. The minimum absolute atomic E-state index is 0.352. The first kappa shape index (κ1) is 15.7. The number of carboxylic acids is 1. The lowest BCUT2D eigenvalue weighted by molar-refractivity contribution is 0.0696. The van der Waals surface area contributed by atoms with Crippen LogP contribution in [-0.2, 0) is 13.1 Å². The molecule has 0 fully saturated rings. The van der Waals surface area contributed by atoms with Crippen LogP contribution in [0.4, 0.5) is 0 Å². The highest BCUT2D eigenvalue weighted by molar-refractivity contribution is 7.09. The van der Waals surface area contributed by atoms with Gasteiger partial charge < -0.3 is 5.11 Å². The van der Waals surface area contributed by atoms with E-state index < -0.39 is 5.97 Å². The van der Waals surface area contributed by atoms with Crippen LogP contribution in [0.5, 0.6) is 0 Å². The van der Waals surface area contributed by atoms with Crippen molar-refractivity contribution in [3.8, 4) is 0 Å².